The molecule has 1 aromatic rings. The Morgan fingerprint density at radius 2 is 1.95 bits per heavy atom. The van der Waals surface area contributed by atoms with E-state index in [1.165, 1.54) is 7.11 Å². The van der Waals surface area contributed by atoms with Gasteiger partial charge in [0.1, 0.15) is 0 Å². The SMILES string of the molecule is CCS(=O)(=O)CCNCc1cc(Cl)c(OC)c(OC)c1. The van der Waals surface area contributed by atoms with Gasteiger partial charge in [-0.25, -0.2) is 8.42 Å². The summed E-state index contributed by atoms with van der Waals surface area (Å²) in [6.07, 6.45) is 0. The van der Waals surface area contributed by atoms with Crippen LogP contribution in [0.4, 0.5) is 0 Å². The lowest BCUT2D eigenvalue weighted by Gasteiger charge is -2.12. The normalized spacial score (nSPS) is 11.4. The molecule has 0 radical (unpaired) electrons. The predicted molar refractivity (Wildman–Crippen MR) is 80.6 cm³/mol. The minimum atomic E-state index is -2.94. The first-order valence-electron chi connectivity index (χ1n) is 6.25. The maximum Gasteiger partial charge on any atom is 0.179 e. The van der Waals surface area contributed by atoms with Gasteiger partial charge in [0.2, 0.25) is 0 Å². The minimum absolute atomic E-state index is 0.129. The van der Waals surface area contributed by atoms with Crippen LogP contribution < -0.4 is 14.8 Å². The third kappa shape index (κ3) is 4.85. The third-order valence-corrected chi connectivity index (χ3v) is 4.84. The Bertz CT molecular complexity index is 546. The van der Waals surface area contributed by atoms with Crippen LogP contribution in [0.15, 0.2) is 12.1 Å². The second kappa shape index (κ2) is 7.71. The van der Waals surface area contributed by atoms with Crippen molar-refractivity contribution in [3.05, 3.63) is 22.7 Å². The van der Waals surface area contributed by atoms with Crippen molar-refractivity contribution in [2.24, 2.45) is 0 Å². The largest absolute Gasteiger partial charge is 0.493 e. The molecule has 0 heterocycles. The van der Waals surface area contributed by atoms with E-state index < -0.39 is 9.84 Å². The standard InChI is InChI=1S/C13H20ClNO4S/c1-4-20(16,17)6-5-15-9-10-7-11(14)13(19-3)12(8-10)18-2/h7-8,15H,4-6,9H2,1-3H3. The lowest BCUT2D eigenvalue weighted by Crippen LogP contribution is -2.23. The molecule has 0 aliphatic heterocycles. The van der Waals surface area contributed by atoms with Gasteiger partial charge in [-0.3, -0.25) is 0 Å². The number of rotatable bonds is 8. The zero-order valence-corrected chi connectivity index (χ0v) is 13.5. The van der Waals surface area contributed by atoms with E-state index in [9.17, 15) is 8.42 Å². The third-order valence-electron chi connectivity index (χ3n) is 2.85. The Kier molecular flexibility index (Phi) is 6.58. The predicted octanol–water partition coefficient (Wildman–Crippen LogP) is 1.88. The van der Waals surface area contributed by atoms with Crippen LogP contribution in [0.1, 0.15) is 12.5 Å². The summed E-state index contributed by atoms with van der Waals surface area (Å²) in [7, 11) is 0.127. The summed E-state index contributed by atoms with van der Waals surface area (Å²) in [5, 5.41) is 3.54. The number of sulfone groups is 1. The van der Waals surface area contributed by atoms with Gasteiger partial charge in [-0.15, -0.1) is 0 Å². The molecule has 1 N–H and O–H groups in total. The zero-order valence-electron chi connectivity index (χ0n) is 11.9. The van der Waals surface area contributed by atoms with Crippen molar-refractivity contribution in [1.29, 1.82) is 0 Å². The van der Waals surface area contributed by atoms with Crippen molar-refractivity contribution in [3.8, 4) is 11.5 Å². The first kappa shape index (κ1) is 17.1. The van der Waals surface area contributed by atoms with Crippen LogP contribution >= 0.6 is 11.6 Å². The summed E-state index contributed by atoms with van der Waals surface area (Å²) >= 11 is 6.09. The highest BCUT2D eigenvalue weighted by Crippen LogP contribution is 2.35. The van der Waals surface area contributed by atoms with Crippen LogP contribution in [-0.2, 0) is 16.4 Å². The molecule has 0 atom stereocenters. The van der Waals surface area contributed by atoms with Gasteiger partial charge in [0.25, 0.3) is 0 Å². The molecule has 1 aromatic carbocycles. The molecule has 0 aromatic heterocycles. The van der Waals surface area contributed by atoms with Crippen molar-refractivity contribution in [2.45, 2.75) is 13.5 Å². The number of methoxy groups -OCH3 is 2. The molecule has 0 unspecified atom stereocenters. The number of nitrogens with one attached hydrogen (secondary N) is 1. The van der Waals surface area contributed by atoms with E-state index in [0.717, 1.165) is 5.56 Å². The summed E-state index contributed by atoms with van der Waals surface area (Å²) in [4.78, 5) is 0. The summed E-state index contributed by atoms with van der Waals surface area (Å²) in [6.45, 7) is 2.56. The highest BCUT2D eigenvalue weighted by Gasteiger charge is 2.11. The molecule has 0 fully saturated rings. The van der Waals surface area contributed by atoms with Crippen molar-refractivity contribution in [1.82, 2.24) is 5.32 Å². The number of halogens is 1. The summed E-state index contributed by atoms with van der Waals surface area (Å²) in [6, 6.07) is 3.58. The molecule has 20 heavy (non-hydrogen) atoms. The maximum absolute atomic E-state index is 11.4. The van der Waals surface area contributed by atoms with E-state index in [4.69, 9.17) is 21.1 Å². The second-order valence-electron chi connectivity index (χ2n) is 4.23. The fourth-order valence-electron chi connectivity index (χ4n) is 1.68. The zero-order chi connectivity index (χ0) is 15.2. The van der Waals surface area contributed by atoms with E-state index in [1.54, 1.807) is 20.1 Å². The van der Waals surface area contributed by atoms with E-state index in [1.807, 2.05) is 6.07 Å². The molecule has 7 heteroatoms. The van der Waals surface area contributed by atoms with E-state index in [2.05, 4.69) is 5.32 Å². The molecule has 0 saturated heterocycles. The average molecular weight is 322 g/mol. The van der Waals surface area contributed by atoms with Crippen molar-refractivity contribution < 1.29 is 17.9 Å². The Balaban J connectivity index is 2.63. The van der Waals surface area contributed by atoms with Gasteiger partial charge >= 0.3 is 0 Å². The summed E-state index contributed by atoms with van der Waals surface area (Å²) in [5.41, 5.74) is 0.904. The molecule has 5 nitrogen and oxygen atoms in total. The molecule has 0 aliphatic carbocycles. The summed E-state index contributed by atoms with van der Waals surface area (Å²) in [5.74, 6) is 1.34. The molecular weight excluding hydrogens is 302 g/mol. The molecule has 1 rings (SSSR count). The Labute approximate surface area is 125 Å². The highest BCUT2D eigenvalue weighted by molar-refractivity contribution is 7.91. The lowest BCUT2D eigenvalue weighted by atomic mass is 10.2. The number of ether oxygens (including phenoxy) is 2. The van der Waals surface area contributed by atoms with Crippen molar-refractivity contribution >= 4 is 21.4 Å². The topological polar surface area (TPSA) is 64.6 Å². The highest BCUT2D eigenvalue weighted by atomic mass is 35.5. The fourth-order valence-corrected chi connectivity index (χ4v) is 2.73. The van der Waals surface area contributed by atoms with Gasteiger partial charge < -0.3 is 14.8 Å². The fraction of sp³-hybridized carbons (Fsp3) is 0.538. The lowest BCUT2D eigenvalue weighted by molar-refractivity contribution is 0.354. The van der Waals surface area contributed by atoms with Crippen molar-refractivity contribution in [3.63, 3.8) is 0 Å². The first-order valence-corrected chi connectivity index (χ1v) is 8.45. The van der Waals surface area contributed by atoms with Gasteiger partial charge in [-0.2, -0.15) is 0 Å². The minimum Gasteiger partial charge on any atom is -0.493 e. The maximum atomic E-state index is 11.4. The van der Waals surface area contributed by atoms with Crippen LogP contribution in [0, 0.1) is 0 Å². The van der Waals surface area contributed by atoms with Crippen molar-refractivity contribution in [2.75, 3.05) is 32.3 Å². The molecule has 0 amide bonds. The van der Waals surface area contributed by atoms with Gasteiger partial charge in [0, 0.05) is 18.8 Å². The quantitative estimate of drug-likeness (QED) is 0.741. The monoisotopic (exact) mass is 321 g/mol. The van der Waals surface area contributed by atoms with E-state index in [0.29, 0.717) is 29.6 Å². The molecule has 114 valence electrons. The van der Waals surface area contributed by atoms with E-state index >= 15 is 0 Å². The van der Waals surface area contributed by atoms with Crippen LogP contribution in [-0.4, -0.2) is 40.7 Å². The molecule has 0 bridgehead atoms. The smallest absolute Gasteiger partial charge is 0.179 e. The Morgan fingerprint density at radius 1 is 1.25 bits per heavy atom. The second-order valence-corrected chi connectivity index (χ2v) is 7.11. The van der Waals surface area contributed by atoms with Crippen LogP contribution in [0.3, 0.4) is 0 Å². The number of hydrogen-bond donors (Lipinski definition) is 1. The van der Waals surface area contributed by atoms with Crippen LogP contribution in [0.2, 0.25) is 5.02 Å². The van der Waals surface area contributed by atoms with Gasteiger partial charge in [-0.05, 0) is 17.7 Å². The summed E-state index contributed by atoms with van der Waals surface area (Å²) < 4.78 is 33.1. The molecular formula is C13H20ClNO4S. The Hall–Kier alpha value is -0.980. The Morgan fingerprint density at radius 3 is 2.50 bits per heavy atom. The van der Waals surface area contributed by atoms with Gasteiger partial charge in [-0.1, -0.05) is 18.5 Å². The van der Waals surface area contributed by atoms with Crippen LogP contribution in [0.25, 0.3) is 0 Å². The van der Waals surface area contributed by atoms with E-state index in [-0.39, 0.29) is 11.5 Å². The number of benzene rings is 1. The molecule has 0 aliphatic rings. The molecule has 0 spiro atoms. The molecule has 0 saturated carbocycles. The van der Waals surface area contributed by atoms with Gasteiger partial charge in [0.05, 0.1) is 25.0 Å². The van der Waals surface area contributed by atoms with Crippen LogP contribution in [0.5, 0.6) is 11.5 Å². The first-order chi connectivity index (χ1) is 9.43. The number of hydrogen-bond acceptors (Lipinski definition) is 5. The average Bonchev–Trinajstić information content (AvgIpc) is 2.43. The van der Waals surface area contributed by atoms with Gasteiger partial charge in [0.15, 0.2) is 21.3 Å².